The van der Waals surface area contributed by atoms with Crippen molar-refractivity contribution < 1.29 is 14.3 Å². The van der Waals surface area contributed by atoms with E-state index in [2.05, 4.69) is 35.5 Å². The van der Waals surface area contributed by atoms with Crippen molar-refractivity contribution in [2.75, 3.05) is 40.8 Å². The molecular weight excluding hydrogens is 366 g/mol. The summed E-state index contributed by atoms with van der Waals surface area (Å²) in [6, 6.07) is -0.573. The Labute approximate surface area is 177 Å². The molecule has 6 nitrogen and oxygen atoms in total. The van der Waals surface area contributed by atoms with Crippen LogP contribution >= 0.6 is 0 Å². The molecular formula is C23H41N3O3. The highest BCUT2D eigenvalue weighted by atomic mass is 16.6. The summed E-state index contributed by atoms with van der Waals surface area (Å²) in [6.45, 7) is 15.8. The first-order valence-corrected chi connectivity index (χ1v) is 10.5. The molecule has 2 atom stereocenters. The summed E-state index contributed by atoms with van der Waals surface area (Å²) in [7, 11) is 5.76. The van der Waals surface area contributed by atoms with Crippen LogP contribution in [0.4, 0.5) is 0 Å². The van der Waals surface area contributed by atoms with Crippen molar-refractivity contribution in [3.05, 3.63) is 0 Å². The van der Waals surface area contributed by atoms with E-state index in [4.69, 9.17) is 4.74 Å². The molecule has 0 radical (unpaired) electrons. The maximum atomic E-state index is 13.1. The predicted octanol–water partition coefficient (Wildman–Crippen LogP) is 2.48. The number of hydrogen-bond acceptors (Lipinski definition) is 5. The molecule has 1 aliphatic rings. The van der Waals surface area contributed by atoms with E-state index in [1.165, 1.54) is 0 Å². The van der Waals surface area contributed by atoms with E-state index in [1.807, 2.05) is 48.7 Å². The highest BCUT2D eigenvalue weighted by Crippen LogP contribution is 2.22. The molecule has 0 aromatic heterocycles. The van der Waals surface area contributed by atoms with Crippen LogP contribution in [0.3, 0.4) is 0 Å². The molecule has 0 aromatic carbocycles. The zero-order valence-corrected chi connectivity index (χ0v) is 20.1. The third-order valence-corrected chi connectivity index (χ3v) is 5.48. The van der Waals surface area contributed by atoms with Gasteiger partial charge in [0.15, 0.2) is 0 Å². The summed E-state index contributed by atoms with van der Waals surface area (Å²) < 4.78 is 5.55. The Kier molecular flexibility index (Phi) is 8.74. The van der Waals surface area contributed by atoms with Crippen molar-refractivity contribution in [1.29, 1.82) is 0 Å². The minimum Gasteiger partial charge on any atom is -0.458 e. The predicted molar refractivity (Wildman–Crippen MR) is 117 cm³/mol. The molecule has 0 aromatic rings. The lowest BCUT2D eigenvalue weighted by molar-refractivity contribution is -0.166. The lowest BCUT2D eigenvalue weighted by Gasteiger charge is -2.33. The Morgan fingerprint density at radius 3 is 2.21 bits per heavy atom. The third-order valence-electron chi connectivity index (χ3n) is 5.48. The summed E-state index contributed by atoms with van der Waals surface area (Å²) in [5, 5.41) is 0. The molecule has 1 aliphatic heterocycles. The van der Waals surface area contributed by atoms with Gasteiger partial charge in [0.25, 0.3) is 0 Å². The Morgan fingerprint density at radius 2 is 1.72 bits per heavy atom. The van der Waals surface area contributed by atoms with Gasteiger partial charge in [0, 0.05) is 13.6 Å². The van der Waals surface area contributed by atoms with Gasteiger partial charge in [-0.1, -0.05) is 25.7 Å². The lowest BCUT2D eigenvalue weighted by atomic mass is 9.99. The fraction of sp³-hybridized carbons (Fsp3) is 0.826. The quantitative estimate of drug-likeness (QED) is 0.500. The van der Waals surface area contributed by atoms with Crippen molar-refractivity contribution in [3.63, 3.8) is 0 Å². The first-order chi connectivity index (χ1) is 13.2. The van der Waals surface area contributed by atoms with Crippen LogP contribution in [0.5, 0.6) is 0 Å². The van der Waals surface area contributed by atoms with Gasteiger partial charge >= 0.3 is 5.97 Å². The second-order valence-electron chi connectivity index (χ2n) is 10.1. The van der Waals surface area contributed by atoms with Crippen LogP contribution in [0, 0.1) is 23.7 Å². The largest absolute Gasteiger partial charge is 0.458 e. The van der Waals surface area contributed by atoms with Gasteiger partial charge in [-0.25, -0.2) is 4.79 Å². The second kappa shape index (κ2) is 9.95. The van der Waals surface area contributed by atoms with E-state index in [0.717, 1.165) is 13.0 Å². The van der Waals surface area contributed by atoms with E-state index in [1.54, 1.807) is 11.9 Å². The highest BCUT2D eigenvalue weighted by Gasteiger charge is 2.38. The number of carbonyl (C=O) groups is 2. The SMILES string of the molecule is CC(C)C(C(=O)OC(C)(C)C)N(C)C(=O)[C@H]1CCN(CC#CC(C)(C)N(C)C)C1. The van der Waals surface area contributed by atoms with Gasteiger partial charge in [0.2, 0.25) is 5.91 Å². The molecule has 6 heteroatoms. The maximum Gasteiger partial charge on any atom is 0.329 e. The zero-order valence-electron chi connectivity index (χ0n) is 20.1. The topological polar surface area (TPSA) is 53.1 Å². The maximum absolute atomic E-state index is 13.1. The number of esters is 1. The van der Waals surface area contributed by atoms with Crippen LogP contribution in [0.15, 0.2) is 0 Å². The Hall–Kier alpha value is -1.58. The number of nitrogens with zero attached hydrogens (tertiary/aromatic N) is 3. The molecule has 0 spiro atoms. The van der Waals surface area contributed by atoms with Crippen molar-refractivity contribution in [2.45, 2.75) is 72.1 Å². The van der Waals surface area contributed by atoms with E-state index < -0.39 is 11.6 Å². The van der Waals surface area contributed by atoms with Crippen LogP contribution in [0.25, 0.3) is 0 Å². The smallest absolute Gasteiger partial charge is 0.329 e. The lowest BCUT2D eigenvalue weighted by Crippen LogP contribution is -2.50. The second-order valence-corrected chi connectivity index (χ2v) is 10.1. The number of amides is 1. The minimum absolute atomic E-state index is 0.0126. The molecule has 166 valence electrons. The first kappa shape index (κ1) is 25.5. The molecule has 1 fully saturated rings. The van der Waals surface area contributed by atoms with Crippen LogP contribution in [0.1, 0.15) is 54.9 Å². The van der Waals surface area contributed by atoms with Gasteiger partial charge in [-0.15, -0.1) is 0 Å². The fourth-order valence-electron chi connectivity index (χ4n) is 3.32. The summed E-state index contributed by atoms with van der Waals surface area (Å²) in [5.41, 5.74) is -0.746. The summed E-state index contributed by atoms with van der Waals surface area (Å²) in [6.07, 6.45) is 0.793. The first-order valence-electron chi connectivity index (χ1n) is 10.5. The van der Waals surface area contributed by atoms with Crippen LogP contribution < -0.4 is 0 Å². The normalized spacial score (nSPS) is 19.1. The fourth-order valence-corrected chi connectivity index (χ4v) is 3.32. The molecule has 1 rings (SSSR count). The van der Waals surface area contributed by atoms with Crippen molar-refractivity contribution in [1.82, 2.24) is 14.7 Å². The Morgan fingerprint density at radius 1 is 1.14 bits per heavy atom. The molecule has 1 saturated heterocycles. The average molecular weight is 408 g/mol. The van der Waals surface area contributed by atoms with Crippen molar-refractivity contribution in [3.8, 4) is 11.8 Å². The van der Waals surface area contributed by atoms with Crippen molar-refractivity contribution >= 4 is 11.9 Å². The highest BCUT2D eigenvalue weighted by molar-refractivity contribution is 5.86. The molecule has 0 N–H and O–H groups in total. The van der Waals surface area contributed by atoms with E-state index in [0.29, 0.717) is 13.1 Å². The summed E-state index contributed by atoms with van der Waals surface area (Å²) in [4.78, 5) is 31.6. The average Bonchev–Trinajstić information content (AvgIpc) is 3.00. The minimum atomic E-state index is -0.573. The van der Waals surface area contributed by atoms with Gasteiger partial charge in [-0.2, -0.15) is 0 Å². The van der Waals surface area contributed by atoms with E-state index in [-0.39, 0.29) is 29.3 Å². The number of likely N-dealkylation sites (tertiary alicyclic amines) is 1. The van der Waals surface area contributed by atoms with E-state index in [9.17, 15) is 9.59 Å². The molecule has 1 unspecified atom stereocenters. The van der Waals surface area contributed by atoms with Crippen molar-refractivity contribution in [2.24, 2.45) is 11.8 Å². The molecule has 0 bridgehead atoms. The molecule has 1 heterocycles. The van der Waals surface area contributed by atoms with Gasteiger partial charge in [-0.3, -0.25) is 14.6 Å². The molecule has 1 amide bonds. The van der Waals surface area contributed by atoms with Crippen LogP contribution in [-0.4, -0.2) is 84.5 Å². The molecule has 29 heavy (non-hydrogen) atoms. The third kappa shape index (κ3) is 7.64. The van der Waals surface area contributed by atoms with E-state index >= 15 is 0 Å². The number of ether oxygens (including phenoxy) is 1. The number of carbonyl (C=O) groups excluding carboxylic acids is 2. The van der Waals surface area contributed by atoms with Gasteiger partial charge in [0.05, 0.1) is 18.0 Å². The standard InChI is InChI=1S/C23H41N3O3/c1-17(2)19(21(28)29-22(3,4)5)25(10)20(27)18-12-15-26(16-18)14-11-13-23(6,7)24(8)9/h17-19H,12,14-16H2,1-10H3/t18-,19?/m0/s1. The number of rotatable bonds is 6. The monoisotopic (exact) mass is 407 g/mol. The van der Waals surface area contributed by atoms with Gasteiger partial charge in [-0.05, 0) is 67.6 Å². The zero-order chi connectivity index (χ0) is 22.6. The number of likely N-dealkylation sites (N-methyl/N-ethyl adjacent to an activating group) is 1. The Balaban J connectivity index is 2.74. The molecule has 0 aliphatic carbocycles. The van der Waals surface area contributed by atoms with Crippen LogP contribution in [0.2, 0.25) is 0 Å². The van der Waals surface area contributed by atoms with Crippen LogP contribution in [-0.2, 0) is 14.3 Å². The summed E-state index contributed by atoms with van der Waals surface area (Å²) >= 11 is 0. The number of hydrogen-bond donors (Lipinski definition) is 0. The Bertz CT molecular complexity index is 638. The van der Waals surface area contributed by atoms with Gasteiger partial charge < -0.3 is 9.64 Å². The summed E-state index contributed by atoms with van der Waals surface area (Å²) in [5.74, 6) is 6.11. The van der Waals surface area contributed by atoms with Gasteiger partial charge in [0.1, 0.15) is 11.6 Å². The molecule has 0 saturated carbocycles.